The Kier molecular flexibility index (Phi) is 6.09. The first-order valence-corrected chi connectivity index (χ1v) is 9.33. The number of amides is 1. The highest BCUT2D eigenvalue weighted by Gasteiger charge is 2.12. The largest absolute Gasteiger partial charge is 0.387 e. The standard InChI is InChI=1S/C21H21NO2S/c23-20(19-12-6-8-16-7-4-5-11-18(16)19)15-22-21(24)13-14-25-17-9-2-1-3-10-17/h1-12,20,23H,13-15H2,(H,22,24)/t20-/m0/s1. The van der Waals surface area contributed by atoms with E-state index in [1.54, 1.807) is 11.8 Å². The molecule has 3 aromatic carbocycles. The molecule has 0 heterocycles. The molecular weight excluding hydrogens is 330 g/mol. The van der Waals surface area contributed by atoms with Crippen molar-refractivity contribution in [1.82, 2.24) is 5.32 Å². The van der Waals surface area contributed by atoms with E-state index in [1.165, 1.54) is 0 Å². The Morgan fingerprint density at radius 1 is 0.960 bits per heavy atom. The van der Waals surface area contributed by atoms with Gasteiger partial charge in [0.1, 0.15) is 0 Å². The summed E-state index contributed by atoms with van der Waals surface area (Å²) in [5, 5.41) is 15.4. The Balaban J connectivity index is 1.49. The third-order valence-electron chi connectivity index (χ3n) is 4.02. The minimum atomic E-state index is -0.711. The van der Waals surface area contributed by atoms with E-state index < -0.39 is 6.10 Å². The van der Waals surface area contributed by atoms with Crippen LogP contribution in [0.25, 0.3) is 10.8 Å². The Hall–Kier alpha value is -2.30. The number of fused-ring (bicyclic) bond motifs is 1. The number of rotatable bonds is 7. The molecular formula is C21H21NO2S. The average molecular weight is 351 g/mol. The van der Waals surface area contributed by atoms with Crippen LogP contribution < -0.4 is 5.32 Å². The fraction of sp³-hybridized carbons (Fsp3) is 0.190. The maximum Gasteiger partial charge on any atom is 0.220 e. The van der Waals surface area contributed by atoms with Crippen molar-refractivity contribution in [2.45, 2.75) is 17.4 Å². The minimum absolute atomic E-state index is 0.0392. The number of nitrogens with one attached hydrogen (secondary N) is 1. The van der Waals surface area contributed by atoms with Gasteiger partial charge in [0.2, 0.25) is 5.91 Å². The molecule has 25 heavy (non-hydrogen) atoms. The van der Waals surface area contributed by atoms with Crippen molar-refractivity contribution < 1.29 is 9.90 Å². The summed E-state index contributed by atoms with van der Waals surface area (Å²) in [4.78, 5) is 13.2. The molecule has 0 aliphatic heterocycles. The molecule has 2 N–H and O–H groups in total. The van der Waals surface area contributed by atoms with Crippen molar-refractivity contribution in [2.24, 2.45) is 0 Å². The zero-order chi connectivity index (χ0) is 17.5. The maximum atomic E-state index is 12.0. The fourth-order valence-corrected chi connectivity index (χ4v) is 3.60. The van der Waals surface area contributed by atoms with Crippen LogP contribution in [0.5, 0.6) is 0 Å². The lowest BCUT2D eigenvalue weighted by Crippen LogP contribution is -2.28. The first-order chi connectivity index (χ1) is 12.2. The van der Waals surface area contributed by atoms with Crippen LogP contribution in [0.4, 0.5) is 0 Å². The van der Waals surface area contributed by atoms with Gasteiger partial charge in [-0.05, 0) is 28.5 Å². The SMILES string of the molecule is O=C(CCSc1ccccc1)NC[C@H](O)c1cccc2ccccc12. The van der Waals surface area contributed by atoms with Crippen molar-refractivity contribution in [2.75, 3.05) is 12.3 Å². The Labute approximate surface area is 152 Å². The number of carbonyl (C=O) groups is 1. The van der Waals surface area contributed by atoms with E-state index in [-0.39, 0.29) is 12.5 Å². The van der Waals surface area contributed by atoms with E-state index >= 15 is 0 Å². The van der Waals surface area contributed by atoms with Crippen LogP contribution in [0.2, 0.25) is 0 Å². The van der Waals surface area contributed by atoms with Gasteiger partial charge in [-0.1, -0.05) is 60.7 Å². The van der Waals surface area contributed by atoms with E-state index in [1.807, 2.05) is 72.8 Å². The van der Waals surface area contributed by atoms with Crippen molar-refractivity contribution >= 4 is 28.4 Å². The second kappa shape index (κ2) is 8.70. The molecule has 1 atom stereocenters. The van der Waals surface area contributed by atoms with Crippen LogP contribution in [0.1, 0.15) is 18.1 Å². The van der Waals surface area contributed by atoms with Crippen LogP contribution in [0, 0.1) is 0 Å². The van der Waals surface area contributed by atoms with Crippen LogP contribution in [0.3, 0.4) is 0 Å². The first-order valence-electron chi connectivity index (χ1n) is 8.34. The lowest BCUT2D eigenvalue weighted by Gasteiger charge is -2.14. The zero-order valence-electron chi connectivity index (χ0n) is 13.9. The molecule has 0 aromatic heterocycles. The van der Waals surface area contributed by atoms with Gasteiger partial charge in [0.15, 0.2) is 0 Å². The predicted molar refractivity (Wildman–Crippen MR) is 104 cm³/mol. The molecule has 128 valence electrons. The highest BCUT2D eigenvalue weighted by atomic mass is 32.2. The number of benzene rings is 3. The third-order valence-corrected chi connectivity index (χ3v) is 5.03. The Morgan fingerprint density at radius 2 is 1.68 bits per heavy atom. The van der Waals surface area contributed by atoms with Gasteiger partial charge in [-0.15, -0.1) is 11.8 Å². The number of hydrogen-bond acceptors (Lipinski definition) is 3. The summed E-state index contributed by atoms with van der Waals surface area (Å²) in [7, 11) is 0. The molecule has 3 nitrogen and oxygen atoms in total. The minimum Gasteiger partial charge on any atom is -0.387 e. The van der Waals surface area contributed by atoms with Crippen molar-refractivity contribution in [3.63, 3.8) is 0 Å². The van der Waals surface area contributed by atoms with Crippen LogP contribution in [-0.2, 0) is 4.79 Å². The second-order valence-corrected chi connectivity index (χ2v) is 6.97. The predicted octanol–water partition coefficient (Wildman–Crippen LogP) is 4.17. The number of thioether (sulfide) groups is 1. The first kappa shape index (κ1) is 17.5. The summed E-state index contributed by atoms with van der Waals surface area (Å²) < 4.78 is 0. The lowest BCUT2D eigenvalue weighted by molar-refractivity contribution is -0.121. The zero-order valence-corrected chi connectivity index (χ0v) is 14.7. The van der Waals surface area contributed by atoms with Crippen LogP contribution >= 0.6 is 11.8 Å². The smallest absolute Gasteiger partial charge is 0.220 e. The number of aliphatic hydroxyl groups is 1. The van der Waals surface area contributed by atoms with Crippen LogP contribution in [-0.4, -0.2) is 23.3 Å². The summed E-state index contributed by atoms with van der Waals surface area (Å²) >= 11 is 1.66. The molecule has 0 bridgehead atoms. The van der Waals surface area contributed by atoms with E-state index in [4.69, 9.17) is 0 Å². The average Bonchev–Trinajstić information content (AvgIpc) is 2.66. The number of hydrogen-bond donors (Lipinski definition) is 2. The summed E-state index contributed by atoms with van der Waals surface area (Å²) in [6, 6.07) is 23.8. The van der Waals surface area contributed by atoms with Gasteiger partial charge in [-0.3, -0.25) is 4.79 Å². The molecule has 0 unspecified atom stereocenters. The van der Waals surface area contributed by atoms with Crippen molar-refractivity contribution in [3.8, 4) is 0 Å². The van der Waals surface area contributed by atoms with Crippen LogP contribution in [0.15, 0.2) is 77.7 Å². The molecule has 0 spiro atoms. The maximum absolute atomic E-state index is 12.0. The van der Waals surface area contributed by atoms with Crippen molar-refractivity contribution in [3.05, 3.63) is 78.4 Å². The van der Waals surface area contributed by atoms with E-state index in [2.05, 4.69) is 5.32 Å². The normalized spacial score (nSPS) is 12.0. The molecule has 3 aromatic rings. The number of carbonyl (C=O) groups excluding carboxylic acids is 1. The van der Waals surface area contributed by atoms with Gasteiger partial charge in [0, 0.05) is 23.6 Å². The Bertz CT molecular complexity index is 830. The van der Waals surface area contributed by atoms with Gasteiger partial charge in [-0.25, -0.2) is 0 Å². The quantitative estimate of drug-likeness (QED) is 0.628. The summed E-state index contributed by atoms with van der Waals surface area (Å²) in [6.45, 7) is 0.225. The van der Waals surface area contributed by atoms with Crippen molar-refractivity contribution in [1.29, 1.82) is 0 Å². The molecule has 0 aliphatic carbocycles. The molecule has 0 saturated heterocycles. The van der Waals surface area contributed by atoms with E-state index in [0.29, 0.717) is 6.42 Å². The van der Waals surface area contributed by atoms with Gasteiger partial charge < -0.3 is 10.4 Å². The molecule has 0 radical (unpaired) electrons. The highest BCUT2D eigenvalue weighted by molar-refractivity contribution is 7.99. The molecule has 0 saturated carbocycles. The third kappa shape index (κ3) is 4.84. The van der Waals surface area contributed by atoms with Gasteiger partial charge in [-0.2, -0.15) is 0 Å². The topological polar surface area (TPSA) is 49.3 Å². The summed E-state index contributed by atoms with van der Waals surface area (Å²) in [5.41, 5.74) is 0.845. The fourth-order valence-electron chi connectivity index (χ4n) is 2.73. The highest BCUT2D eigenvalue weighted by Crippen LogP contribution is 2.24. The van der Waals surface area contributed by atoms with Gasteiger partial charge in [0.05, 0.1) is 6.10 Å². The molecule has 4 heteroatoms. The molecule has 0 aliphatic rings. The number of aliphatic hydroxyl groups excluding tert-OH is 1. The lowest BCUT2D eigenvalue weighted by atomic mass is 10.0. The monoisotopic (exact) mass is 351 g/mol. The van der Waals surface area contributed by atoms with E-state index in [0.717, 1.165) is 27.0 Å². The molecule has 1 amide bonds. The summed E-state index contributed by atoms with van der Waals surface area (Å²) in [5.74, 6) is 0.683. The Morgan fingerprint density at radius 3 is 2.52 bits per heavy atom. The van der Waals surface area contributed by atoms with E-state index in [9.17, 15) is 9.90 Å². The van der Waals surface area contributed by atoms with Gasteiger partial charge >= 0.3 is 0 Å². The molecule has 0 fully saturated rings. The molecule has 3 rings (SSSR count). The summed E-state index contributed by atoms with van der Waals surface area (Å²) in [6.07, 6.45) is -0.279. The second-order valence-electron chi connectivity index (χ2n) is 5.80. The van der Waals surface area contributed by atoms with Gasteiger partial charge in [0.25, 0.3) is 0 Å².